The van der Waals surface area contributed by atoms with Gasteiger partial charge in [0.15, 0.2) is 5.71 Å². The Kier molecular flexibility index (Phi) is 17.5. The molecule has 5 N–H and O–H groups in total. The van der Waals surface area contributed by atoms with Gasteiger partial charge in [-0.2, -0.15) is 46.7 Å². The molecule has 3 aliphatic rings. The fourth-order valence-corrected chi connectivity index (χ4v) is 13.9. The molecule has 28 heteroatoms. The molecule has 4 aromatic carbocycles. The van der Waals surface area contributed by atoms with Gasteiger partial charge in [0.2, 0.25) is 5.69 Å². The Hall–Kier alpha value is -6.05. The van der Waals surface area contributed by atoms with Crippen LogP contribution in [0, 0.1) is 0 Å². The zero-order chi connectivity index (χ0) is 58.3. The number of rotatable bonds is 23. The number of ether oxygens (including phenoxy) is 1. The lowest BCUT2D eigenvalue weighted by molar-refractivity contribution is -0.438. The summed E-state index contributed by atoms with van der Waals surface area (Å²) in [5.41, 5.74) is 0.698. The zero-order valence-electron chi connectivity index (χ0n) is 43.1. The third-order valence-electron chi connectivity index (χ3n) is 14.3. The number of hydroxylamine groups is 2. The van der Waals surface area contributed by atoms with Crippen molar-refractivity contribution in [2.45, 2.75) is 109 Å². The minimum Gasteiger partial charge on any atom is -0.385 e. The van der Waals surface area contributed by atoms with Gasteiger partial charge in [-0.05, 0) is 112 Å². The number of anilines is 1. The van der Waals surface area contributed by atoms with E-state index >= 15 is 0 Å². The van der Waals surface area contributed by atoms with Gasteiger partial charge in [0.25, 0.3) is 62.4 Å². The molecule has 79 heavy (non-hydrogen) atoms. The maximum absolute atomic E-state index is 12.8. The van der Waals surface area contributed by atoms with Crippen LogP contribution >= 0.6 is 0 Å². The SMILES string of the molecule is CCN1C(=CC=CC=CC=CC2=[N+](CCCCCC(=O)ON3C(=O)CCC3=O)c3ccc4c(S(=O)(=O)O)cc(S(=O)(=O)O)cc4c3C2(C)CCCS(=O)(=O)O)C(C)(CCOC)c2c1ccc1c(S(=O)(=O)O)cc(S(=O)(=O)O)cc21. The third kappa shape index (κ3) is 12.8. The van der Waals surface area contributed by atoms with Crippen molar-refractivity contribution in [2.75, 3.05) is 37.5 Å². The second-order valence-electron chi connectivity index (χ2n) is 19.5. The van der Waals surface area contributed by atoms with E-state index in [9.17, 15) is 79.2 Å². The van der Waals surface area contributed by atoms with Gasteiger partial charge in [0, 0.05) is 91.2 Å². The highest BCUT2D eigenvalue weighted by Crippen LogP contribution is 2.54. The molecular formula is C51H58N3O20S5+. The van der Waals surface area contributed by atoms with Crippen molar-refractivity contribution in [2.24, 2.45) is 0 Å². The molecule has 0 aromatic heterocycles. The molecule has 0 radical (unpaired) electrons. The van der Waals surface area contributed by atoms with Crippen molar-refractivity contribution in [3.8, 4) is 0 Å². The molecule has 23 nitrogen and oxygen atoms in total. The molecule has 7 rings (SSSR count). The van der Waals surface area contributed by atoms with Crippen LogP contribution in [-0.4, -0.2) is 131 Å². The lowest BCUT2D eigenvalue weighted by Gasteiger charge is -2.30. The average molecular weight is 1190 g/mol. The number of likely N-dealkylation sites (N-methyl/N-ethyl adjacent to an activating group) is 1. The highest BCUT2D eigenvalue weighted by atomic mass is 32.2. The van der Waals surface area contributed by atoms with Crippen molar-refractivity contribution >= 4 is 107 Å². The minimum atomic E-state index is -5.14. The molecule has 426 valence electrons. The van der Waals surface area contributed by atoms with E-state index in [0.717, 1.165) is 12.1 Å². The standard InChI is InChI=1S/C51H57N3O20S5/c1-5-52-39-20-18-35-37(29-33(76(61,62)63)31-41(35)78(67,68)69)48(39)51(3,25-27-73-4)43(52)15-10-7-6-8-11-16-44-50(2,24-14-28-75(58,59)60)49-38-30-34(77(64,65)66)32-42(79(70,71)72)36(38)19-21-40(49)53(44)26-13-9-12-17-47(57)74-54-45(55)22-23-46(54)56/h6-8,10-11,15-16,18-21,29-32H,5,9,12-14,17,22-28H2,1-4H3,(H4-,58,59,60,61,62,63,64,65,66,67,68,69,70,71,72)/p+1. The first-order valence-corrected chi connectivity index (χ1v) is 31.9. The Morgan fingerprint density at radius 1 is 0.658 bits per heavy atom. The highest BCUT2D eigenvalue weighted by molar-refractivity contribution is 7.87. The van der Waals surface area contributed by atoms with E-state index < -0.39 is 105 Å². The fraction of sp³-hybridized carbons (Fsp3) is 0.373. The number of hydrogen-bond acceptors (Lipinski definition) is 16. The van der Waals surface area contributed by atoms with E-state index in [4.69, 9.17) is 9.57 Å². The van der Waals surface area contributed by atoms with E-state index in [1.54, 1.807) is 55.5 Å². The van der Waals surface area contributed by atoms with Crippen molar-refractivity contribution < 1.29 is 93.4 Å². The van der Waals surface area contributed by atoms with Gasteiger partial charge in [-0.1, -0.05) is 36.4 Å². The number of unbranched alkanes of at least 4 members (excludes halogenated alkanes) is 2. The van der Waals surface area contributed by atoms with Crippen LogP contribution < -0.4 is 4.90 Å². The number of hydrogen-bond donors (Lipinski definition) is 5. The highest BCUT2D eigenvalue weighted by Gasteiger charge is 2.49. The fourth-order valence-electron chi connectivity index (χ4n) is 10.7. The maximum Gasteiger partial charge on any atom is 0.333 e. The summed E-state index contributed by atoms with van der Waals surface area (Å²) in [7, 11) is -23.2. The number of amides is 2. The number of nitrogens with zero attached hydrogens (tertiary/aromatic N) is 3. The molecule has 3 aliphatic heterocycles. The quantitative estimate of drug-likeness (QED) is 0.0172. The molecule has 0 aliphatic carbocycles. The Morgan fingerprint density at radius 3 is 1.76 bits per heavy atom. The summed E-state index contributed by atoms with van der Waals surface area (Å²) in [5, 5.41) is 0.466. The second kappa shape index (κ2) is 22.8. The van der Waals surface area contributed by atoms with E-state index in [2.05, 4.69) is 0 Å². The van der Waals surface area contributed by atoms with Gasteiger partial charge in [-0.15, -0.1) is 5.06 Å². The van der Waals surface area contributed by atoms with Gasteiger partial charge in [0.1, 0.15) is 16.3 Å². The average Bonchev–Trinajstić information content (AvgIpc) is 4.03. The van der Waals surface area contributed by atoms with Crippen LogP contribution in [0.2, 0.25) is 0 Å². The Balaban J connectivity index is 1.29. The molecule has 1 saturated heterocycles. The van der Waals surface area contributed by atoms with Crippen LogP contribution in [0.15, 0.2) is 116 Å². The summed E-state index contributed by atoms with van der Waals surface area (Å²) in [6.07, 6.45) is 12.6. The molecule has 1 fully saturated rings. The van der Waals surface area contributed by atoms with E-state index in [1.807, 2.05) is 29.4 Å². The van der Waals surface area contributed by atoms with Crippen LogP contribution in [0.1, 0.15) is 89.7 Å². The number of benzene rings is 4. The van der Waals surface area contributed by atoms with Crippen LogP contribution in [-0.2, 0) is 85.4 Å². The van der Waals surface area contributed by atoms with Crippen molar-refractivity contribution in [3.63, 3.8) is 0 Å². The largest absolute Gasteiger partial charge is 0.385 e. The first-order chi connectivity index (χ1) is 36.8. The van der Waals surface area contributed by atoms with Crippen molar-refractivity contribution in [1.82, 2.24) is 5.06 Å². The van der Waals surface area contributed by atoms with Crippen LogP contribution in [0.4, 0.5) is 11.4 Å². The minimum absolute atomic E-state index is 0.0178. The summed E-state index contributed by atoms with van der Waals surface area (Å²) in [5.74, 6) is -2.77. The van der Waals surface area contributed by atoms with Gasteiger partial charge < -0.3 is 14.5 Å². The summed E-state index contributed by atoms with van der Waals surface area (Å²) in [6, 6.07) is 9.50. The predicted octanol–water partition coefficient (Wildman–Crippen LogP) is 6.56. The lowest BCUT2D eigenvalue weighted by Crippen LogP contribution is -2.32. The molecule has 0 bridgehead atoms. The summed E-state index contributed by atoms with van der Waals surface area (Å²) >= 11 is 0. The Bertz CT molecular complexity index is 3930. The van der Waals surface area contributed by atoms with Gasteiger partial charge in [-0.3, -0.25) is 32.4 Å². The number of imide groups is 1. The third-order valence-corrected chi connectivity index (χ3v) is 18.5. The summed E-state index contributed by atoms with van der Waals surface area (Å²) < 4.78 is 183. The normalized spacial score (nSPS) is 19.9. The number of carbonyl (C=O) groups is 3. The van der Waals surface area contributed by atoms with Gasteiger partial charge in [-0.25, -0.2) is 4.79 Å². The monoisotopic (exact) mass is 1190 g/mol. The predicted molar refractivity (Wildman–Crippen MR) is 288 cm³/mol. The number of methoxy groups -OCH3 is 1. The molecular weight excluding hydrogens is 1130 g/mol. The summed E-state index contributed by atoms with van der Waals surface area (Å²) in [6.45, 7) is 6.22. The molecule has 3 heterocycles. The lowest BCUT2D eigenvalue weighted by atomic mass is 9.74. The molecule has 2 atom stereocenters. The first kappa shape index (κ1) is 60.6. The molecule has 0 spiro atoms. The van der Waals surface area contributed by atoms with Crippen LogP contribution in [0.3, 0.4) is 0 Å². The summed E-state index contributed by atoms with van der Waals surface area (Å²) in [4.78, 5) is 40.4. The smallest absolute Gasteiger partial charge is 0.333 e. The van der Waals surface area contributed by atoms with Gasteiger partial charge >= 0.3 is 5.97 Å². The molecule has 0 saturated carbocycles. The first-order valence-electron chi connectivity index (χ1n) is 24.5. The van der Waals surface area contributed by atoms with E-state index in [0.29, 0.717) is 76.9 Å². The second-order valence-corrected chi connectivity index (χ2v) is 26.7. The molecule has 2 amide bonds. The van der Waals surface area contributed by atoms with E-state index in [1.165, 1.54) is 19.2 Å². The number of fused-ring (bicyclic) bond motifs is 6. The molecule has 4 aromatic rings. The Labute approximate surface area is 457 Å². The Morgan fingerprint density at radius 2 is 1.22 bits per heavy atom. The topological polar surface area (TPSA) is 351 Å². The van der Waals surface area contributed by atoms with Crippen LogP contribution in [0.25, 0.3) is 21.5 Å². The van der Waals surface area contributed by atoms with Crippen molar-refractivity contribution in [1.29, 1.82) is 0 Å². The molecule has 2 unspecified atom stereocenters. The van der Waals surface area contributed by atoms with Crippen molar-refractivity contribution in [3.05, 3.63) is 108 Å². The zero-order valence-corrected chi connectivity index (χ0v) is 47.2. The number of carbonyl (C=O) groups excluding carboxylic acids is 3. The number of allylic oxidation sites excluding steroid dienone is 8. The van der Waals surface area contributed by atoms with Gasteiger partial charge in [0.05, 0.1) is 21.0 Å². The van der Waals surface area contributed by atoms with Crippen LogP contribution in [0.5, 0.6) is 0 Å². The maximum atomic E-state index is 12.8. The van der Waals surface area contributed by atoms with E-state index in [-0.39, 0.29) is 73.2 Å².